The largest absolute Gasteiger partial charge is 0.391 e. The molecule has 0 aliphatic heterocycles. The zero-order valence-electron chi connectivity index (χ0n) is 13.0. The molecular weight excluding hydrogens is 310 g/mol. The maximum atomic E-state index is 11.7. The Labute approximate surface area is 129 Å². The minimum absolute atomic E-state index is 0.114. The SMILES string of the molecule is CNS(=O)(=O)c1ccc(NCC(O)C(C)(C)C)c([N+](=O)[O-])c1. The molecule has 0 spiro atoms. The minimum atomic E-state index is -3.76. The van der Waals surface area contributed by atoms with Crippen LogP contribution in [0, 0.1) is 15.5 Å². The molecule has 1 unspecified atom stereocenters. The van der Waals surface area contributed by atoms with Crippen molar-refractivity contribution >= 4 is 21.4 Å². The number of nitro benzene ring substituents is 1. The quantitative estimate of drug-likeness (QED) is 0.534. The van der Waals surface area contributed by atoms with E-state index in [0.717, 1.165) is 6.07 Å². The molecule has 0 aliphatic carbocycles. The number of nitrogens with zero attached hydrogens (tertiary/aromatic N) is 1. The van der Waals surface area contributed by atoms with Gasteiger partial charge in [0.1, 0.15) is 5.69 Å². The van der Waals surface area contributed by atoms with Crippen molar-refractivity contribution in [1.29, 1.82) is 0 Å². The average molecular weight is 331 g/mol. The van der Waals surface area contributed by atoms with E-state index < -0.39 is 21.1 Å². The number of sulfonamides is 1. The highest BCUT2D eigenvalue weighted by Gasteiger charge is 2.24. The van der Waals surface area contributed by atoms with Crippen LogP contribution in [0.5, 0.6) is 0 Å². The van der Waals surface area contributed by atoms with Crippen LogP contribution in [-0.4, -0.2) is 38.1 Å². The van der Waals surface area contributed by atoms with Crippen LogP contribution in [0.2, 0.25) is 0 Å². The molecule has 0 amide bonds. The molecule has 1 atom stereocenters. The summed E-state index contributed by atoms with van der Waals surface area (Å²) in [6.07, 6.45) is -0.715. The molecule has 0 bridgehead atoms. The van der Waals surface area contributed by atoms with Gasteiger partial charge in [-0.2, -0.15) is 0 Å². The zero-order chi connectivity index (χ0) is 17.1. The first-order chi connectivity index (χ1) is 9.99. The minimum Gasteiger partial charge on any atom is -0.391 e. The van der Waals surface area contributed by atoms with E-state index in [-0.39, 0.29) is 28.2 Å². The summed E-state index contributed by atoms with van der Waals surface area (Å²) >= 11 is 0. The molecule has 0 heterocycles. The second kappa shape index (κ2) is 6.59. The lowest BCUT2D eigenvalue weighted by molar-refractivity contribution is -0.384. The van der Waals surface area contributed by atoms with Crippen molar-refractivity contribution in [2.75, 3.05) is 18.9 Å². The molecule has 0 fully saturated rings. The number of aliphatic hydroxyl groups excluding tert-OH is 1. The molecule has 22 heavy (non-hydrogen) atoms. The van der Waals surface area contributed by atoms with E-state index in [4.69, 9.17) is 0 Å². The van der Waals surface area contributed by atoms with E-state index in [2.05, 4.69) is 10.0 Å². The Morgan fingerprint density at radius 2 is 1.95 bits per heavy atom. The lowest BCUT2D eigenvalue weighted by atomic mass is 9.89. The van der Waals surface area contributed by atoms with Crippen molar-refractivity contribution in [2.24, 2.45) is 5.41 Å². The summed E-state index contributed by atoms with van der Waals surface area (Å²) < 4.78 is 25.5. The molecule has 1 aromatic carbocycles. The van der Waals surface area contributed by atoms with E-state index in [1.54, 1.807) is 0 Å². The van der Waals surface area contributed by atoms with Crippen molar-refractivity contribution in [2.45, 2.75) is 31.8 Å². The highest BCUT2D eigenvalue weighted by molar-refractivity contribution is 7.89. The van der Waals surface area contributed by atoms with E-state index in [1.165, 1.54) is 19.2 Å². The van der Waals surface area contributed by atoms with E-state index in [0.29, 0.717) is 0 Å². The van der Waals surface area contributed by atoms with Crippen molar-refractivity contribution in [3.63, 3.8) is 0 Å². The van der Waals surface area contributed by atoms with Gasteiger partial charge in [-0.1, -0.05) is 20.8 Å². The Balaban J connectivity index is 3.09. The summed E-state index contributed by atoms with van der Waals surface area (Å²) in [4.78, 5) is 10.3. The van der Waals surface area contributed by atoms with Crippen LogP contribution in [0.15, 0.2) is 23.1 Å². The van der Waals surface area contributed by atoms with Crippen LogP contribution in [0.25, 0.3) is 0 Å². The second-order valence-electron chi connectivity index (χ2n) is 5.91. The lowest BCUT2D eigenvalue weighted by Crippen LogP contribution is -2.33. The van der Waals surface area contributed by atoms with Crippen LogP contribution in [-0.2, 0) is 10.0 Å². The number of rotatable bonds is 6. The van der Waals surface area contributed by atoms with E-state index in [9.17, 15) is 23.6 Å². The van der Waals surface area contributed by atoms with Crippen LogP contribution in [0.4, 0.5) is 11.4 Å². The molecule has 0 aromatic heterocycles. The van der Waals surface area contributed by atoms with Gasteiger partial charge < -0.3 is 10.4 Å². The Morgan fingerprint density at radius 1 is 1.36 bits per heavy atom. The van der Waals surface area contributed by atoms with Crippen molar-refractivity contribution in [3.05, 3.63) is 28.3 Å². The number of nitrogens with one attached hydrogen (secondary N) is 2. The average Bonchev–Trinajstić information content (AvgIpc) is 2.43. The van der Waals surface area contributed by atoms with Crippen LogP contribution in [0.1, 0.15) is 20.8 Å². The maximum Gasteiger partial charge on any atom is 0.293 e. The molecule has 3 N–H and O–H groups in total. The number of hydrogen-bond acceptors (Lipinski definition) is 6. The first kappa shape index (κ1) is 18.3. The topological polar surface area (TPSA) is 122 Å². The summed E-state index contributed by atoms with van der Waals surface area (Å²) in [6.45, 7) is 5.64. The smallest absolute Gasteiger partial charge is 0.293 e. The van der Waals surface area contributed by atoms with E-state index >= 15 is 0 Å². The third-order valence-corrected chi connectivity index (χ3v) is 4.64. The van der Waals surface area contributed by atoms with Gasteiger partial charge >= 0.3 is 0 Å². The van der Waals surface area contributed by atoms with Crippen LogP contribution < -0.4 is 10.0 Å². The maximum absolute atomic E-state index is 11.7. The fourth-order valence-corrected chi connectivity index (χ4v) is 2.36. The van der Waals surface area contributed by atoms with Crippen LogP contribution in [0.3, 0.4) is 0 Å². The van der Waals surface area contributed by atoms with Gasteiger partial charge in [-0.05, 0) is 24.6 Å². The predicted molar refractivity (Wildman–Crippen MR) is 83.3 cm³/mol. The summed E-state index contributed by atoms with van der Waals surface area (Å²) in [7, 11) is -2.53. The van der Waals surface area contributed by atoms with E-state index in [1.807, 2.05) is 20.8 Å². The first-order valence-electron chi connectivity index (χ1n) is 6.63. The first-order valence-corrected chi connectivity index (χ1v) is 8.11. The monoisotopic (exact) mass is 331 g/mol. The van der Waals surface area contributed by atoms with Crippen molar-refractivity contribution < 1.29 is 18.4 Å². The standard InChI is InChI=1S/C13H21N3O5S/c1-13(2,3)12(17)8-15-10-6-5-9(22(20,21)14-4)7-11(10)16(18)19/h5-7,12,14-15,17H,8H2,1-4H3. The van der Waals surface area contributed by atoms with Gasteiger partial charge in [0.25, 0.3) is 5.69 Å². The van der Waals surface area contributed by atoms with Gasteiger partial charge in [0.2, 0.25) is 10.0 Å². The fraction of sp³-hybridized carbons (Fsp3) is 0.538. The Morgan fingerprint density at radius 3 is 2.41 bits per heavy atom. The molecule has 0 aliphatic rings. The highest BCUT2D eigenvalue weighted by Crippen LogP contribution is 2.28. The molecule has 8 nitrogen and oxygen atoms in total. The lowest BCUT2D eigenvalue weighted by Gasteiger charge is -2.26. The second-order valence-corrected chi connectivity index (χ2v) is 7.79. The van der Waals surface area contributed by atoms with Gasteiger partial charge in [-0.15, -0.1) is 0 Å². The molecule has 0 saturated heterocycles. The Bertz CT molecular complexity index is 652. The Kier molecular flexibility index (Phi) is 5.49. The predicted octanol–water partition coefficient (Wildman–Crippen LogP) is 1.32. The zero-order valence-corrected chi connectivity index (χ0v) is 13.8. The summed E-state index contributed by atoms with van der Waals surface area (Å²) in [5.41, 5.74) is -0.585. The summed E-state index contributed by atoms with van der Waals surface area (Å²) in [5.74, 6) is 0. The van der Waals surface area contributed by atoms with Gasteiger partial charge in [-0.3, -0.25) is 10.1 Å². The van der Waals surface area contributed by atoms with Gasteiger partial charge in [0.15, 0.2) is 0 Å². The van der Waals surface area contributed by atoms with Gasteiger partial charge in [0, 0.05) is 12.6 Å². The molecule has 1 rings (SSSR count). The third-order valence-electron chi connectivity index (χ3n) is 3.23. The molecule has 0 saturated carbocycles. The number of aliphatic hydroxyl groups is 1. The van der Waals surface area contributed by atoms with Gasteiger partial charge in [0.05, 0.1) is 15.9 Å². The molecule has 1 aromatic rings. The highest BCUT2D eigenvalue weighted by atomic mass is 32.2. The Hall–Kier alpha value is -1.71. The number of nitro groups is 1. The van der Waals surface area contributed by atoms with Crippen LogP contribution >= 0.6 is 0 Å². The summed E-state index contributed by atoms with van der Waals surface area (Å²) in [6, 6.07) is 3.57. The number of anilines is 1. The fourth-order valence-electron chi connectivity index (χ4n) is 1.61. The molecule has 9 heteroatoms. The normalized spacial score (nSPS) is 13.7. The molecule has 0 radical (unpaired) electrons. The molecular formula is C13H21N3O5S. The number of benzene rings is 1. The number of hydrogen-bond donors (Lipinski definition) is 3. The molecule has 124 valence electrons. The summed E-state index contributed by atoms with van der Waals surface area (Å²) in [5, 5.41) is 23.9. The third kappa shape index (κ3) is 4.39. The van der Waals surface area contributed by atoms with Crippen molar-refractivity contribution in [1.82, 2.24) is 4.72 Å². The van der Waals surface area contributed by atoms with Crippen molar-refractivity contribution in [3.8, 4) is 0 Å². The van der Waals surface area contributed by atoms with Gasteiger partial charge in [-0.25, -0.2) is 13.1 Å².